The molecule has 1 spiro atoms. The van der Waals surface area contributed by atoms with Gasteiger partial charge in [-0.05, 0) is 43.4 Å². The van der Waals surface area contributed by atoms with E-state index in [1.807, 2.05) is 0 Å². The Morgan fingerprint density at radius 2 is 1.95 bits per heavy atom. The number of aliphatic carboxylic acids is 1. The van der Waals surface area contributed by atoms with Crippen LogP contribution in [-0.4, -0.2) is 34.5 Å². The molecule has 1 aliphatic heterocycles. The first-order chi connectivity index (χ1) is 9.03. The van der Waals surface area contributed by atoms with E-state index in [-0.39, 0.29) is 17.2 Å². The Kier molecular flexibility index (Phi) is 3.06. The molecule has 2 aliphatic carbocycles. The summed E-state index contributed by atoms with van der Waals surface area (Å²) in [4.78, 5) is 25.6. The number of carboxylic acids is 1. The van der Waals surface area contributed by atoms with E-state index in [2.05, 4.69) is 6.92 Å². The Morgan fingerprint density at radius 3 is 2.58 bits per heavy atom. The smallest absolute Gasteiger partial charge is 0.326 e. The Morgan fingerprint density at radius 1 is 1.26 bits per heavy atom. The predicted octanol–water partition coefficient (Wildman–Crippen LogP) is 2.28. The highest BCUT2D eigenvalue weighted by atomic mass is 16.4. The molecule has 4 heteroatoms. The third-order valence-corrected chi connectivity index (χ3v) is 5.52. The standard InChI is InChI=1S/C15H23NO3/c1-10-4-7-16(12(8-10)14(18)19)13(17)11-9-15(11)5-2-3-6-15/h10-12H,2-9H2,1H3,(H,18,19). The maximum absolute atomic E-state index is 12.6. The Labute approximate surface area is 114 Å². The fraction of sp³-hybridized carbons (Fsp3) is 0.867. The maximum Gasteiger partial charge on any atom is 0.326 e. The average Bonchev–Trinajstić information content (AvgIpc) is 2.86. The zero-order valence-corrected chi connectivity index (χ0v) is 11.6. The number of carbonyl (C=O) groups is 2. The largest absolute Gasteiger partial charge is 0.480 e. The minimum absolute atomic E-state index is 0.126. The highest BCUT2D eigenvalue weighted by Crippen LogP contribution is 2.63. The number of amides is 1. The minimum Gasteiger partial charge on any atom is -0.480 e. The van der Waals surface area contributed by atoms with Gasteiger partial charge in [-0.3, -0.25) is 4.79 Å². The van der Waals surface area contributed by atoms with E-state index >= 15 is 0 Å². The first kappa shape index (κ1) is 12.9. The average molecular weight is 265 g/mol. The molecule has 3 aliphatic rings. The molecule has 1 heterocycles. The van der Waals surface area contributed by atoms with Crippen molar-refractivity contribution in [2.24, 2.45) is 17.3 Å². The molecule has 2 saturated carbocycles. The van der Waals surface area contributed by atoms with Crippen LogP contribution in [0.3, 0.4) is 0 Å². The van der Waals surface area contributed by atoms with Gasteiger partial charge in [0.05, 0.1) is 0 Å². The van der Waals surface area contributed by atoms with E-state index in [0.717, 1.165) is 12.8 Å². The lowest BCUT2D eigenvalue weighted by Crippen LogP contribution is -2.50. The predicted molar refractivity (Wildman–Crippen MR) is 70.5 cm³/mol. The zero-order chi connectivity index (χ0) is 13.6. The third-order valence-electron chi connectivity index (χ3n) is 5.52. The molecular weight excluding hydrogens is 242 g/mol. The number of hydrogen-bond acceptors (Lipinski definition) is 2. The number of carbonyl (C=O) groups excluding carboxylic acids is 1. The second-order valence-corrected chi connectivity index (χ2v) is 6.84. The molecule has 4 nitrogen and oxygen atoms in total. The van der Waals surface area contributed by atoms with Crippen molar-refractivity contribution in [3.63, 3.8) is 0 Å². The SMILES string of the molecule is CC1CCN(C(=O)C2CC23CCCC3)C(C(=O)O)C1. The monoisotopic (exact) mass is 265 g/mol. The normalized spacial score (nSPS) is 36.5. The van der Waals surface area contributed by atoms with E-state index in [4.69, 9.17) is 0 Å². The van der Waals surface area contributed by atoms with Crippen LogP contribution in [0.2, 0.25) is 0 Å². The van der Waals surface area contributed by atoms with Crippen molar-refractivity contribution < 1.29 is 14.7 Å². The number of carboxylic acid groups (broad SMARTS) is 1. The van der Waals surface area contributed by atoms with Crippen LogP contribution in [0.4, 0.5) is 0 Å². The highest BCUT2D eigenvalue weighted by molar-refractivity contribution is 5.87. The molecule has 1 N–H and O–H groups in total. The van der Waals surface area contributed by atoms with Crippen LogP contribution in [0.15, 0.2) is 0 Å². The molecule has 0 radical (unpaired) electrons. The van der Waals surface area contributed by atoms with Gasteiger partial charge in [0.15, 0.2) is 0 Å². The van der Waals surface area contributed by atoms with Crippen molar-refractivity contribution in [3.05, 3.63) is 0 Å². The Balaban J connectivity index is 1.70. The summed E-state index contributed by atoms with van der Waals surface area (Å²) in [6.07, 6.45) is 7.38. The number of rotatable bonds is 2. The fourth-order valence-corrected chi connectivity index (χ4v) is 4.17. The lowest BCUT2D eigenvalue weighted by Gasteiger charge is -2.36. The topological polar surface area (TPSA) is 57.6 Å². The molecule has 1 saturated heterocycles. The van der Waals surface area contributed by atoms with Gasteiger partial charge < -0.3 is 10.0 Å². The summed E-state index contributed by atoms with van der Waals surface area (Å²) in [5, 5.41) is 9.34. The van der Waals surface area contributed by atoms with E-state index < -0.39 is 12.0 Å². The van der Waals surface area contributed by atoms with Crippen molar-refractivity contribution in [1.82, 2.24) is 4.90 Å². The van der Waals surface area contributed by atoms with Gasteiger partial charge in [-0.15, -0.1) is 0 Å². The van der Waals surface area contributed by atoms with E-state index in [1.54, 1.807) is 4.90 Å². The first-order valence-electron chi connectivity index (χ1n) is 7.57. The van der Waals surface area contributed by atoms with Gasteiger partial charge in [0.25, 0.3) is 0 Å². The van der Waals surface area contributed by atoms with Crippen molar-refractivity contribution in [2.45, 2.75) is 57.9 Å². The molecule has 106 valence electrons. The molecular formula is C15H23NO3. The van der Waals surface area contributed by atoms with Gasteiger partial charge in [-0.1, -0.05) is 19.8 Å². The number of nitrogens with zero attached hydrogens (tertiary/aromatic N) is 1. The molecule has 3 fully saturated rings. The Hall–Kier alpha value is -1.06. The molecule has 1 amide bonds. The van der Waals surface area contributed by atoms with Crippen molar-refractivity contribution in [2.75, 3.05) is 6.54 Å². The van der Waals surface area contributed by atoms with Crippen molar-refractivity contribution in [3.8, 4) is 0 Å². The van der Waals surface area contributed by atoms with Gasteiger partial charge in [0.1, 0.15) is 6.04 Å². The van der Waals surface area contributed by atoms with Crippen LogP contribution in [-0.2, 0) is 9.59 Å². The van der Waals surface area contributed by atoms with E-state index in [0.29, 0.717) is 18.9 Å². The maximum atomic E-state index is 12.6. The third kappa shape index (κ3) is 2.15. The molecule has 3 atom stereocenters. The van der Waals surface area contributed by atoms with Crippen LogP contribution in [0.5, 0.6) is 0 Å². The Bertz CT molecular complexity index is 400. The van der Waals surface area contributed by atoms with Crippen LogP contribution in [0, 0.1) is 17.3 Å². The molecule has 3 unspecified atom stereocenters. The molecule has 0 aromatic heterocycles. The summed E-state index contributed by atoms with van der Waals surface area (Å²) in [5.74, 6) is -0.169. The van der Waals surface area contributed by atoms with E-state index in [9.17, 15) is 14.7 Å². The van der Waals surface area contributed by atoms with Gasteiger partial charge in [0, 0.05) is 12.5 Å². The van der Waals surface area contributed by atoms with Gasteiger partial charge in [-0.25, -0.2) is 4.79 Å². The minimum atomic E-state index is -0.832. The van der Waals surface area contributed by atoms with Crippen LogP contribution >= 0.6 is 0 Å². The first-order valence-corrected chi connectivity index (χ1v) is 7.57. The quantitative estimate of drug-likeness (QED) is 0.833. The van der Waals surface area contributed by atoms with Crippen molar-refractivity contribution in [1.29, 1.82) is 0 Å². The zero-order valence-electron chi connectivity index (χ0n) is 11.6. The molecule has 19 heavy (non-hydrogen) atoms. The lowest BCUT2D eigenvalue weighted by atomic mass is 9.91. The molecule has 0 bridgehead atoms. The summed E-state index contributed by atoms with van der Waals surface area (Å²) in [7, 11) is 0. The van der Waals surface area contributed by atoms with Crippen molar-refractivity contribution >= 4 is 11.9 Å². The summed E-state index contributed by atoms with van der Waals surface area (Å²) in [6, 6.07) is -0.588. The number of hydrogen-bond donors (Lipinski definition) is 1. The molecule has 0 aromatic rings. The highest BCUT2D eigenvalue weighted by Gasteiger charge is 2.60. The number of piperidine rings is 1. The van der Waals surface area contributed by atoms with Gasteiger partial charge in [0.2, 0.25) is 5.91 Å². The van der Waals surface area contributed by atoms with Crippen LogP contribution < -0.4 is 0 Å². The molecule has 0 aromatic carbocycles. The van der Waals surface area contributed by atoms with Gasteiger partial charge in [-0.2, -0.15) is 0 Å². The fourth-order valence-electron chi connectivity index (χ4n) is 4.17. The summed E-state index contributed by atoms with van der Waals surface area (Å²) < 4.78 is 0. The number of likely N-dealkylation sites (tertiary alicyclic amines) is 1. The van der Waals surface area contributed by atoms with Gasteiger partial charge >= 0.3 is 5.97 Å². The summed E-state index contributed by atoms with van der Waals surface area (Å²) in [5.41, 5.74) is 0.267. The second kappa shape index (κ2) is 4.50. The van der Waals surface area contributed by atoms with Crippen LogP contribution in [0.25, 0.3) is 0 Å². The summed E-state index contributed by atoms with van der Waals surface area (Å²) >= 11 is 0. The lowest BCUT2D eigenvalue weighted by molar-refractivity contribution is -0.154. The van der Waals surface area contributed by atoms with Crippen LogP contribution in [0.1, 0.15) is 51.9 Å². The molecule has 3 rings (SSSR count). The second-order valence-electron chi connectivity index (χ2n) is 6.84. The summed E-state index contributed by atoms with van der Waals surface area (Å²) in [6.45, 7) is 2.71. The van der Waals surface area contributed by atoms with E-state index in [1.165, 1.54) is 25.7 Å².